The summed E-state index contributed by atoms with van der Waals surface area (Å²) in [6.45, 7) is 10.7. The third-order valence-corrected chi connectivity index (χ3v) is 7.79. The monoisotopic (exact) mass is 501 g/mol. The first-order valence-electron chi connectivity index (χ1n) is 12.7. The summed E-state index contributed by atoms with van der Waals surface area (Å²) in [6.07, 6.45) is 10.8. The molecule has 0 saturated carbocycles. The number of amides is 1. The molecule has 35 heavy (non-hydrogen) atoms. The van der Waals surface area contributed by atoms with Crippen LogP contribution in [0.3, 0.4) is 0 Å². The lowest BCUT2D eigenvalue weighted by atomic mass is 9.78. The zero-order chi connectivity index (χ0) is 24.6. The van der Waals surface area contributed by atoms with Gasteiger partial charge in [0.05, 0.1) is 12.2 Å². The predicted octanol–water partition coefficient (Wildman–Crippen LogP) is 5.18. The van der Waals surface area contributed by atoms with Crippen LogP contribution in [0.25, 0.3) is 11.1 Å². The van der Waals surface area contributed by atoms with E-state index in [2.05, 4.69) is 25.9 Å². The van der Waals surface area contributed by atoms with Crippen molar-refractivity contribution >= 4 is 23.4 Å². The molecule has 3 aliphatic rings. The summed E-state index contributed by atoms with van der Waals surface area (Å²) in [6, 6.07) is 2.36. The van der Waals surface area contributed by atoms with Crippen LogP contribution < -0.4 is 4.90 Å². The molecule has 5 heterocycles. The van der Waals surface area contributed by atoms with Crippen molar-refractivity contribution in [1.82, 2.24) is 19.7 Å². The summed E-state index contributed by atoms with van der Waals surface area (Å²) in [4.78, 5) is 21.2. The molecule has 0 N–H and O–H groups in total. The molecule has 0 bridgehead atoms. The Morgan fingerprint density at radius 1 is 1.14 bits per heavy atom. The van der Waals surface area contributed by atoms with E-state index in [1.54, 1.807) is 0 Å². The molecule has 3 aliphatic heterocycles. The summed E-state index contributed by atoms with van der Waals surface area (Å²) >= 11 is 6.36. The van der Waals surface area contributed by atoms with Gasteiger partial charge >= 0.3 is 6.09 Å². The standard InChI is InChI=1S/C26H36ClN5O3/c1-25(2,3)35-24(33)30-9-6-26(7-10-30)8-11-31(18-26)22-14-23(27)28-16-21(22)19-15-29-32(17-19)20-4-12-34-13-5-20/h14-17,20H,4-13,18H2,1-3H3. The third-order valence-electron chi connectivity index (χ3n) is 7.58. The highest BCUT2D eigenvalue weighted by molar-refractivity contribution is 6.29. The summed E-state index contributed by atoms with van der Waals surface area (Å²) < 4.78 is 13.2. The highest BCUT2D eigenvalue weighted by atomic mass is 35.5. The van der Waals surface area contributed by atoms with Crippen LogP contribution >= 0.6 is 11.6 Å². The number of rotatable bonds is 3. The molecule has 5 rings (SSSR count). The quantitative estimate of drug-likeness (QED) is 0.540. The number of piperidine rings is 1. The molecule has 1 spiro atoms. The van der Waals surface area contributed by atoms with E-state index in [1.807, 2.05) is 44.1 Å². The first-order valence-corrected chi connectivity index (χ1v) is 13.1. The molecular formula is C26H36ClN5O3. The first kappa shape index (κ1) is 24.4. The van der Waals surface area contributed by atoms with E-state index in [-0.39, 0.29) is 11.5 Å². The number of nitrogens with zero attached hydrogens (tertiary/aromatic N) is 5. The van der Waals surface area contributed by atoms with Gasteiger partial charge in [-0.2, -0.15) is 5.10 Å². The second kappa shape index (κ2) is 9.62. The van der Waals surface area contributed by atoms with Gasteiger partial charge in [-0.25, -0.2) is 9.78 Å². The largest absolute Gasteiger partial charge is 0.444 e. The fraction of sp³-hybridized carbons (Fsp3) is 0.654. The van der Waals surface area contributed by atoms with E-state index in [0.29, 0.717) is 11.2 Å². The van der Waals surface area contributed by atoms with Crippen molar-refractivity contribution in [3.8, 4) is 11.1 Å². The van der Waals surface area contributed by atoms with E-state index in [1.165, 1.54) is 0 Å². The lowest BCUT2D eigenvalue weighted by molar-refractivity contribution is 0.0122. The highest BCUT2D eigenvalue weighted by Gasteiger charge is 2.42. The summed E-state index contributed by atoms with van der Waals surface area (Å²) in [5.41, 5.74) is 2.99. The van der Waals surface area contributed by atoms with E-state index >= 15 is 0 Å². The minimum atomic E-state index is -0.466. The van der Waals surface area contributed by atoms with Crippen LogP contribution in [-0.2, 0) is 9.47 Å². The molecule has 3 fully saturated rings. The lowest BCUT2D eigenvalue weighted by Crippen LogP contribution is -2.46. The van der Waals surface area contributed by atoms with Gasteiger partial charge in [0.15, 0.2) is 0 Å². The van der Waals surface area contributed by atoms with Crippen LogP contribution in [-0.4, -0.2) is 70.8 Å². The maximum absolute atomic E-state index is 12.5. The molecule has 190 valence electrons. The summed E-state index contributed by atoms with van der Waals surface area (Å²) in [5.74, 6) is 0. The van der Waals surface area contributed by atoms with Crippen molar-refractivity contribution in [2.45, 2.75) is 64.5 Å². The Morgan fingerprint density at radius 2 is 1.86 bits per heavy atom. The number of likely N-dealkylation sites (tertiary alicyclic amines) is 1. The Hall–Kier alpha value is -2.32. The van der Waals surface area contributed by atoms with Crippen molar-refractivity contribution in [2.75, 3.05) is 44.3 Å². The molecule has 9 heteroatoms. The number of carbonyl (C=O) groups excluding carboxylic acids is 1. The van der Waals surface area contributed by atoms with Crippen LogP contribution in [0.5, 0.6) is 0 Å². The molecule has 3 saturated heterocycles. The fourth-order valence-electron chi connectivity index (χ4n) is 5.57. The molecule has 0 atom stereocenters. The number of hydrogen-bond acceptors (Lipinski definition) is 6. The Morgan fingerprint density at radius 3 is 2.57 bits per heavy atom. The minimum Gasteiger partial charge on any atom is -0.444 e. The number of anilines is 1. The Kier molecular flexibility index (Phi) is 6.70. The van der Waals surface area contributed by atoms with Gasteiger partial charge in [0.2, 0.25) is 0 Å². The van der Waals surface area contributed by atoms with Crippen LogP contribution in [0.4, 0.5) is 10.5 Å². The zero-order valence-corrected chi connectivity index (χ0v) is 21.8. The van der Waals surface area contributed by atoms with Gasteiger partial charge in [0, 0.05) is 68.6 Å². The zero-order valence-electron chi connectivity index (χ0n) is 21.0. The molecule has 0 radical (unpaired) electrons. The van der Waals surface area contributed by atoms with Crippen LogP contribution in [0.1, 0.15) is 58.9 Å². The number of aromatic nitrogens is 3. The van der Waals surface area contributed by atoms with Crippen molar-refractivity contribution in [1.29, 1.82) is 0 Å². The smallest absolute Gasteiger partial charge is 0.410 e. The average Bonchev–Trinajstić information content (AvgIpc) is 3.47. The van der Waals surface area contributed by atoms with Gasteiger partial charge < -0.3 is 19.3 Å². The number of ether oxygens (including phenoxy) is 2. The van der Waals surface area contributed by atoms with Crippen molar-refractivity contribution in [3.05, 3.63) is 29.8 Å². The summed E-state index contributed by atoms with van der Waals surface area (Å²) in [7, 11) is 0. The predicted molar refractivity (Wildman–Crippen MR) is 136 cm³/mol. The molecule has 2 aromatic rings. The van der Waals surface area contributed by atoms with E-state index in [4.69, 9.17) is 21.1 Å². The van der Waals surface area contributed by atoms with E-state index in [0.717, 1.165) is 88.3 Å². The number of hydrogen-bond donors (Lipinski definition) is 0. The molecule has 2 aromatic heterocycles. The fourth-order valence-corrected chi connectivity index (χ4v) is 5.72. The SMILES string of the molecule is CC(C)(C)OC(=O)N1CCC2(CC1)CCN(c1cc(Cl)ncc1-c1cnn(C3CCOCC3)c1)C2. The molecule has 1 amide bonds. The Balaban J connectivity index is 1.29. The maximum Gasteiger partial charge on any atom is 0.410 e. The number of halogens is 1. The van der Waals surface area contributed by atoms with Gasteiger partial charge in [-0.05, 0) is 64.4 Å². The third kappa shape index (κ3) is 5.43. The summed E-state index contributed by atoms with van der Waals surface area (Å²) in [5, 5.41) is 5.17. The lowest BCUT2D eigenvalue weighted by Gasteiger charge is -2.39. The van der Waals surface area contributed by atoms with E-state index in [9.17, 15) is 4.79 Å². The molecular weight excluding hydrogens is 466 g/mol. The van der Waals surface area contributed by atoms with Gasteiger partial charge in [0.25, 0.3) is 0 Å². The molecule has 0 aromatic carbocycles. The van der Waals surface area contributed by atoms with Crippen molar-refractivity contribution in [2.24, 2.45) is 5.41 Å². The maximum atomic E-state index is 12.5. The molecule has 8 nitrogen and oxygen atoms in total. The second-order valence-electron chi connectivity index (χ2n) is 11.2. The minimum absolute atomic E-state index is 0.202. The van der Waals surface area contributed by atoms with Crippen LogP contribution in [0.15, 0.2) is 24.7 Å². The Labute approximate surface area is 212 Å². The van der Waals surface area contributed by atoms with Gasteiger partial charge in [-0.3, -0.25) is 4.68 Å². The van der Waals surface area contributed by atoms with Gasteiger partial charge in [0.1, 0.15) is 10.8 Å². The average molecular weight is 502 g/mol. The molecule has 0 aliphatic carbocycles. The Bertz CT molecular complexity index is 1050. The van der Waals surface area contributed by atoms with Crippen LogP contribution in [0, 0.1) is 5.41 Å². The van der Waals surface area contributed by atoms with Gasteiger partial charge in [-0.1, -0.05) is 11.6 Å². The second-order valence-corrected chi connectivity index (χ2v) is 11.6. The number of pyridine rings is 1. The number of carbonyl (C=O) groups is 1. The van der Waals surface area contributed by atoms with Crippen molar-refractivity contribution in [3.63, 3.8) is 0 Å². The van der Waals surface area contributed by atoms with Gasteiger partial charge in [-0.15, -0.1) is 0 Å². The van der Waals surface area contributed by atoms with E-state index < -0.39 is 5.60 Å². The highest BCUT2D eigenvalue weighted by Crippen LogP contribution is 2.44. The van der Waals surface area contributed by atoms with Crippen molar-refractivity contribution < 1.29 is 14.3 Å². The normalized spacial score (nSPS) is 21.0. The first-order chi connectivity index (χ1) is 16.7. The molecule has 0 unspecified atom stereocenters. The topological polar surface area (TPSA) is 72.7 Å². The van der Waals surface area contributed by atoms with Crippen LogP contribution in [0.2, 0.25) is 5.15 Å².